The van der Waals surface area contributed by atoms with E-state index < -0.39 is 0 Å². The van der Waals surface area contributed by atoms with Gasteiger partial charge < -0.3 is 10.6 Å². The number of H-pyrrole nitrogens is 1. The fourth-order valence-electron chi connectivity index (χ4n) is 6.14. The highest BCUT2D eigenvalue weighted by Gasteiger charge is 2.46. The molecule has 2 aliphatic heterocycles. The van der Waals surface area contributed by atoms with Crippen molar-refractivity contribution in [2.45, 2.75) is 69.4 Å². The molecule has 35 heavy (non-hydrogen) atoms. The van der Waals surface area contributed by atoms with Crippen LogP contribution in [0.2, 0.25) is 0 Å². The number of amides is 1. The van der Waals surface area contributed by atoms with Gasteiger partial charge in [-0.05, 0) is 57.4 Å². The van der Waals surface area contributed by atoms with Crippen molar-refractivity contribution in [2.24, 2.45) is 0 Å². The topological polar surface area (TPSA) is 131 Å². The Bertz CT molecular complexity index is 1410. The van der Waals surface area contributed by atoms with Gasteiger partial charge in [-0.1, -0.05) is 6.07 Å². The number of anilines is 1. The maximum absolute atomic E-state index is 13.1. The van der Waals surface area contributed by atoms with Crippen molar-refractivity contribution < 1.29 is 4.79 Å². The Morgan fingerprint density at radius 1 is 1.06 bits per heavy atom. The highest BCUT2D eigenvalue weighted by molar-refractivity contribution is 5.91. The maximum Gasteiger partial charge on any atom is 0.291 e. The summed E-state index contributed by atoms with van der Waals surface area (Å²) >= 11 is 0. The molecule has 0 aromatic carbocycles. The number of carbonyl (C=O) groups excluding carboxylic acids is 1. The van der Waals surface area contributed by atoms with Crippen LogP contribution in [-0.4, -0.2) is 57.7 Å². The Morgan fingerprint density at radius 3 is 2.51 bits per heavy atom. The predicted molar refractivity (Wildman–Crippen MR) is 129 cm³/mol. The summed E-state index contributed by atoms with van der Waals surface area (Å²) < 4.78 is 1.80. The molecule has 7 rings (SSSR count). The average Bonchev–Trinajstić information content (AvgIpc) is 3.25. The summed E-state index contributed by atoms with van der Waals surface area (Å²) in [5.74, 6) is 1.67. The number of piperidine rings is 1. The lowest BCUT2D eigenvalue weighted by Crippen LogP contribution is -2.46. The minimum atomic E-state index is -0.0521. The van der Waals surface area contributed by atoms with E-state index in [0.717, 1.165) is 72.3 Å². The van der Waals surface area contributed by atoms with Gasteiger partial charge in [0, 0.05) is 46.6 Å². The van der Waals surface area contributed by atoms with E-state index in [4.69, 9.17) is 10.7 Å². The molecule has 4 aromatic heterocycles. The van der Waals surface area contributed by atoms with E-state index in [2.05, 4.69) is 31.3 Å². The van der Waals surface area contributed by atoms with Gasteiger partial charge >= 0.3 is 0 Å². The van der Waals surface area contributed by atoms with Gasteiger partial charge in [-0.3, -0.25) is 14.9 Å². The number of aryl methyl sites for hydroxylation is 1. The molecule has 10 nitrogen and oxygen atoms in total. The molecule has 3 fully saturated rings. The van der Waals surface area contributed by atoms with Crippen molar-refractivity contribution >= 4 is 17.4 Å². The number of aromatic nitrogens is 7. The molecule has 2 bridgehead atoms. The number of nitrogen functional groups attached to an aromatic ring is 1. The van der Waals surface area contributed by atoms with E-state index in [9.17, 15) is 4.79 Å². The number of pyridine rings is 1. The first-order valence-corrected chi connectivity index (χ1v) is 12.4. The zero-order valence-electron chi connectivity index (χ0n) is 19.6. The number of fused-ring (bicyclic) bond motifs is 3. The predicted octanol–water partition coefficient (Wildman–Crippen LogP) is 3.23. The van der Waals surface area contributed by atoms with Crippen molar-refractivity contribution in [3.8, 4) is 11.1 Å². The van der Waals surface area contributed by atoms with Crippen molar-refractivity contribution in [2.75, 3.05) is 5.73 Å². The van der Waals surface area contributed by atoms with Gasteiger partial charge in [0.1, 0.15) is 12.1 Å². The smallest absolute Gasteiger partial charge is 0.291 e. The van der Waals surface area contributed by atoms with Crippen LogP contribution in [0.15, 0.2) is 30.9 Å². The zero-order valence-corrected chi connectivity index (χ0v) is 19.6. The quantitative estimate of drug-likeness (QED) is 0.469. The van der Waals surface area contributed by atoms with Crippen LogP contribution in [0.4, 0.5) is 5.82 Å². The average molecular weight is 470 g/mol. The number of carbonyl (C=O) groups is 1. The summed E-state index contributed by atoms with van der Waals surface area (Å²) in [5, 5.41) is 11.2. The number of nitrogens with zero attached hydrogens (tertiary/aromatic N) is 7. The molecule has 3 atom stereocenters. The van der Waals surface area contributed by atoms with Crippen molar-refractivity contribution in [1.82, 2.24) is 39.7 Å². The second kappa shape index (κ2) is 7.59. The fourth-order valence-corrected chi connectivity index (χ4v) is 6.14. The van der Waals surface area contributed by atoms with Crippen LogP contribution in [0.1, 0.15) is 77.9 Å². The monoisotopic (exact) mass is 469 g/mol. The van der Waals surface area contributed by atoms with Gasteiger partial charge in [-0.25, -0.2) is 9.97 Å². The largest absolute Gasteiger partial charge is 0.383 e. The molecule has 6 heterocycles. The highest BCUT2D eigenvalue weighted by Crippen LogP contribution is 2.50. The van der Waals surface area contributed by atoms with Crippen LogP contribution < -0.4 is 5.73 Å². The van der Waals surface area contributed by atoms with Crippen molar-refractivity contribution in [3.63, 3.8) is 0 Å². The van der Waals surface area contributed by atoms with Gasteiger partial charge in [0.2, 0.25) is 5.82 Å². The molecular weight excluding hydrogens is 442 g/mol. The molecular formula is C25H27N9O. The zero-order chi connectivity index (χ0) is 23.7. The lowest BCUT2D eigenvalue weighted by Gasteiger charge is -2.39. The number of rotatable bonds is 4. The van der Waals surface area contributed by atoms with Crippen LogP contribution >= 0.6 is 0 Å². The summed E-state index contributed by atoms with van der Waals surface area (Å²) in [6, 6.07) is 4.40. The second-order valence-electron chi connectivity index (χ2n) is 10.2. The Morgan fingerprint density at radius 2 is 1.86 bits per heavy atom. The van der Waals surface area contributed by atoms with Crippen LogP contribution in [0.3, 0.4) is 0 Å². The van der Waals surface area contributed by atoms with Crippen LogP contribution in [0.5, 0.6) is 0 Å². The molecule has 1 aliphatic carbocycles. The Kier molecular flexibility index (Phi) is 4.46. The van der Waals surface area contributed by atoms with E-state index in [-0.39, 0.29) is 23.9 Å². The Labute approximate surface area is 202 Å². The third-order valence-corrected chi connectivity index (χ3v) is 7.93. The molecule has 2 saturated heterocycles. The highest BCUT2D eigenvalue weighted by atomic mass is 16.2. The molecule has 0 spiro atoms. The van der Waals surface area contributed by atoms with Crippen LogP contribution in [0, 0.1) is 6.92 Å². The Hall–Kier alpha value is -3.82. The number of nitrogens with one attached hydrogen (secondary N) is 1. The molecule has 1 amide bonds. The second-order valence-corrected chi connectivity index (χ2v) is 10.2. The number of aromatic amines is 1. The molecule has 3 aliphatic rings. The molecule has 1 unspecified atom stereocenters. The minimum Gasteiger partial charge on any atom is -0.383 e. The first-order valence-electron chi connectivity index (χ1n) is 12.4. The van der Waals surface area contributed by atoms with Gasteiger partial charge in [-0.15, -0.1) is 0 Å². The van der Waals surface area contributed by atoms with Gasteiger partial charge in [-0.2, -0.15) is 14.7 Å². The van der Waals surface area contributed by atoms with E-state index in [1.165, 1.54) is 6.33 Å². The summed E-state index contributed by atoms with van der Waals surface area (Å²) in [5.41, 5.74) is 12.7. The van der Waals surface area contributed by atoms with Crippen molar-refractivity contribution in [1.29, 1.82) is 0 Å². The third kappa shape index (κ3) is 3.23. The van der Waals surface area contributed by atoms with Crippen LogP contribution in [0.25, 0.3) is 16.8 Å². The lowest BCUT2D eigenvalue weighted by atomic mass is 9.85. The first-order chi connectivity index (χ1) is 17.1. The van der Waals surface area contributed by atoms with Gasteiger partial charge in [0.05, 0.1) is 11.9 Å². The molecule has 0 radical (unpaired) electrons. The maximum atomic E-state index is 13.1. The third-order valence-electron chi connectivity index (χ3n) is 7.93. The van der Waals surface area contributed by atoms with Crippen molar-refractivity contribution in [3.05, 3.63) is 53.6 Å². The van der Waals surface area contributed by atoms with E-state index in [1.807, 2.05) is 30.3 Å². The standard InChI is InChI=1S/C25H27N9O/c1-13-2-3-15(10-27-13)19-11-30-34-22(26)20(14-4-5-14)21(31-24(19)34)16-8-17-6-7-18(9-16)33(17)25(35)23-28-12-29-32-23/h2-3,10-12,14,16-18H,4-9,26H2,1H3,(H,28,29,32)/t16?,17-,18+. The van der Waals surface area contributed by atoms with Gasteiger partial charge in [0.25, 0.3) is 5.91 Å². The molecule has 4 aromatic rings. The van der Waals surface area contributed by atoms with Crippen LogP contribution in [-0.2, 0) is 0 Å². The Balaban J connectivity index is 1.29. The fraction of sp³-hybridized carbons (Fsp3) is 0.440. The lowest BCUT2D eigenvalue weighted by molar-refractivity contribution is 0.0557. The molecule has 3 N–H and O–H groups in total. The summed E-state index contributed by atoms with van der Waals surface area (Å²) in [6.07, 6.45) is 11.1. The SMILES string of the molecule is Cc1ccc(-c2cnn3c(N)c(C4CC4)c(C4C[C@H]5CC[C@@H](C4)N5C(=O)c4ncn[nH]4)nc23)cn1. The molecule has 178 valence electrons. The molecule has 10 heteroatoms. The van der Waals surface area contributed by atoms with Gasteiger partial charge in [0.15, 0.2) is 5.65 Å². The summed E-state index contributed by atoms with van der Waals surface area (Å²) in [4.78, 5) is 28.9. The minimum absolute atomic E-state index is 0.0521. The van der Waals surface area contributed by atoms with E-state index in [0.29, 0.717) is 17.6 Å². The van der Waals surface area contributed by atoms with E-state index >= 15 is 0 Å². The van der Waals surface area contributed by atoms with E-state index in [1.54, 1.807) is 4.52 Å². The normalized spacial score (nSPS) is 23.8. The summed E-state index contributed by atoms with van der Waals surface area (Å²) in [6.45, 7) is 1.98. The number of hydrogen-bond donors (Lipinski definition) is 2. The number of nitrogens with two attached hydrogens (primary N) is 1. The summed E-state index contributed by atoms with van der Waals surface area (Å²) in [7, 11) is 0. The first kappa shape index (κ1) is 20.5. The number of hydrogen-bond acceptors (Lipinski definition) is 7. The molecule has 1 saturated carbocycles.